The van der Waals surface area contributed by atoms with Crippen LogP contribution >= 0.6 is 0 Å². The lowest BCUT2D eigenvalue weighted by molar-refractivity contribution is 0.0517. The molecule has 0 radical (unpaired) electrons. The fourth-order valence-electron chi connectivity index (χ4n) is 5.63. The number of aromatic nitrogens is 1. The molecule has 2 fully saturated rings. The maximum Gasteiger partial charge on any atom is 0.274 e. The highest BCUT2D eigenvalue weighted by molar-refractivity contribution is 6.04. The number of amides is 1. The number of anilines is 1. The number of nitriles is 1. The summed E-state index contributed by atoms with van der Waals surface area (Å²) in [6.07, 6.45) is 3.59. The van der Waals surface area contributed by atoms with Gasteiger partial charge in [0.05, 0.1) is 11.6 Å². The molecule has 2 atom stereocenters. The summed E-state index contributed by atoms with van der Waals surface area (Å²) in [6.45, 7) is 5.11. The zero-order chi connectivity index (χ0) is 22.2. The van der Waals surface area contributed by atoms with Gasteiger partial charge in [-0.3, -0.25) is 14.5 Å². The lowest BCUT2D eigenvalue weighted by atomic mass is 9.82. The first-order chi connectivity index (χ1) is 15.5. The molecule has 166 valence electrons. The molecule has 7 nitrogen and oxygen atoms in total. The number of carbonyl (C=O) groups excluding carboxylic acids is 1. The van der Waals surface area contributed by atoms with Crippen molar-refractivity contribution in [2.24, 2.45) is 5.92 Å². The predicted octanol–water partition coefficient (Wildman–Crippen LogP) is 2.49. The summed E-state index contributed by atoms with van der Waals surface area (Å²) < 4.78 is 1.89. The zero-order valence-corrected chi connectivity index (χ0v) is 18.5. The van der Waals surface area contributed by atoms with Crippen LogP contribution in [0.5, 0.6) is 0 Å². The topological polar surface area (TPSA) is 81.4 Å². The molecule has 4 heterocycles. The van der Waals surface area contributed by atoms with Crippen molar-refractivity contribution in [2.75, 3.05) is 38.5 Å². The number of pyridine rings is 1. The van der Waals surface area contributed by atoms with Crippen molar-refractivity contribution in [1.29, 1.82) is 5.26 Å². The second-order valence-electron chi connectivity index (χ2n) is 9.52. The molecule has 3 aliphatic rings. The van der Waals surface area contributed by atoms with Crippen molar-refractivity contribution in [3.63, 3.8) is 0 Å². The highest BCUT2D eigenvalue weighted by Gasteiger charge is 2.37. The first-order valence-corrected chi connectivity index (χ1v) is 11.5. The molecule has 1 aromatic carbocycles. The van der Waals surface area contributed by atoms with Crippen molar-refractivity contribution in [1.82, 2.24) is 14.4 Å². The maximum atomic E-state index is 13.2. The Morgan fingerprint density at radius 2 is 1.81 bits per heavy atom. The number of nitrogens with zero attached hydrogens (tertiary/aromatic N) is 4. The molecule has 2 saturated heterocycles. The van der Waals surface area contributed by atoms with Crippen molar-refractivity contribution in [3.05, 3.63) is 63.6 Å². The summed E-state index contributed by atoms with van der Waals surface area (Å²) in [6, 6.07) is 12.9. The van der Waals surface area contributed by atoms with Gasteiger partial charge in [-0.05, 0) is 81.7 Å². The summed E-state index contributed by atoms with van der Waals surface area (Å²) in [4.78, 5) is 30.9. The Morgan fingerprint density at radius 3 is 2.53 bits per heavy atom. The van der Waals surface area contributed by atoms with Crippen LogP contribution in [-0.4, -0.2) is 59.5 Å². The second kappa shape index (κ2) is 8.53. The van der Waals surface area contributed by atoms with E-state index in [4.69, 9.17) is 5.26 Å². The number of carbonyl (C=O) groups is 1. The van der Waals surface area contributed by atoms with Crippen LogP contribution < -0.4 is 10.9 Å². The van der Waals surface area contributed by atoms with E-state index in [-0.39, 0.29) is 11.5 Å². The number of hydrogen-bond donors (Lipinski definition) is 1. The van der Waals surface area contributed by atoms with Crippen LogP contribution in [-0.2, 0) is 6.54 Å². The number of likely N-dealkylation sites (tertiary alicyclic amines) is 2. The molecule has 7 heteroatoms. The average molecular weight is 432 g/mol. The number of fused-ring (bicyclic) bond motifs is 4. The quantitative estimate of drug-likeness (QED) is 0.808. The number of piperidine rings is 2. The minimum absolute atomic E-state index is 0.119. The van der Waals surface area contributed by atoms with Crippen LogP contribution in [0.15, 0.2) is 41.2 Å². The lowest BCUT2D eigenvalue weighted by Crippen LogP contribution is -2.53. The SMILES string of the molecule is CN1CCC(N2C[C@@H]3C[C@H](C2)c2ccc(NC(=O)c4ccc(C#N)cc4)c(=O)n2C3)CC1. The van der Waals surface area contributed by atoms with E-state index in [0.717, 1.165) is 38.3 Å². The average Bonchev–Trinajstić information content (AvgIpc) is 2.81. The fraction of sp³-hybridized carbons (Fsp3) is 0.480. The third-order valence-corrected chi connectivity index (χ3v) is 7.36. The Bertz CT molecular complexity index is 1110. The van der Waals surface area contributed by atoms with Crippen LogP contribution in [0.1, 0.15) is 46.8 Å². The minimum Gasteiger partial charge on any atom is -0.317 e. The molecule has 1 N–H and O–H groups in total. The molecule has 1 amide bonds. The second-order valence-corrected chi connectivity index (χ2v) is 9.52. The van der Waals surface area contributed by atoms with Crippen molar-refractivity contribution in [3.8, 4) is 6.07 Å². The van der Waals surface area contributed by atoms with Gasteiger partial charge in [-0.25, -0.2) is 0 Å². The van der Waals surface area contributed by atoms with E-state index in [2.05, 4.69) is 22.2 Å². The van der Waals surface area contributed by atoms with E-state index < -0.39 is 0 Å². The fourth-order valence-corrected chi connectivity index (χ4v) is 5.63. The summed E-state index contributed by atoms with van der Waals surface area (Å²) in [7, 11) is 2.20. The van der Waals surface area contributed by atoms with Crippen LogP contribution in [0, 0.1) is 17.2 Å². The van der Waals surface area contributed by atoms with Gasteiger partial charge >= 0.3 is 0 Å². The molecule has 0 saturated carbocycles. The van der Waals surface area contributed by atoms with Gasteiger partial charge in [0.15, 0.2) is 0 Å². The Balaban J connectivity index is 1.33. The van der Waals surface area contributed by atoms with Gasteiger partial charge in [0.2, 0.25) is 0 Å². The number of nitrogens with one attached hydrogen (secondary N) is 1. The summed E-state index contributed by atoms with van der Waals surface area (Å²) >= 11 is 0. The molecular weight excluding hydrogens is 402 g/mol. The standard InChI is InChI=1S/C25H29N5O2/c1-28-10-8-21(9-11-28)29-14-18-12-20(16-29)23-7-6-22(25(32)30(23)15-18)27-24(31)19-4-2-17(13-26)3-5-19/h2-7,18,20-21H,8-12,14-16H2,1H3,(H,27,31)/t18-,20+/m0/s1. The minimum atomic E-state index is -0.336. The Labute approximate surface area is 188 Å². The zero-order valence-electron chi connectivity index (χ0n) is 18.5. The molecule has 2 aromatic rings. The van der Waals surface area contributed by atoms with Gasteiger partial charge < -0.3 is 14.8 Å². The van der Waals surface area contributed by atoms with Crippen molar-refractivity contribution < 1.29 is 4.79 Å². The molecule has 1 aromatic heterocycles. The van der Waals surface area contributed by atoms with Crippen LogP contribution in [0.2, 0.25) is 0 Å². The van der Waals surface area contributed by atoms with Crippen LogP contribution in [0.3, 0.4) is 0 Å². The Hall–Kier alpha value is -2.95. The van der Waals surface area contributed by atoms with E-state index in [0.29, 0.717) is 41.2 Å². The van der Waals surface area contributed by atoms with Gasteiger partial charge in [-0.15, -0.1) is 0 Å². The smallest absolute Gasteiger partial charge is 0.274 e. The predicted molar refractivity (Wildman–Crippen MR) is 123 cm³/mol. The van der Waals surface area contributed by atoms with Gasteiger partial charge in [-0.2, -0.15) is 5.26 Å². The highest BCUT2D eigenvalue weighted by Crippen LogP contribution is 2.37. The third-order valence-electron chi connectivity index (χ3n) is 7.36. The normalized spacial score (nSPS) is 23.9. The molecule has 2 bridgehead atoms. The Kier molecular flexibility index (Phi) is 5.58. The Morgan fingerprint density at radius 1 is 1.06 bits per heavy atom. The van der Waals surface area contributed by atoms with Crippen molar-refractivity contribution >= 4 is 11.6 Å². The van der Waals surface area contributed by atoms with E-state index in [1.54, 1.807) is 30.3 Å². The summed E-state index contributed by atoms with van der Waals surface area (Å²) in [5, 5.41) is 11.7. The number of hydrogen-bond acceptors (Lipinski definition) is 5. The summed E-state index contributed by atoms with van der Waals surface area (Å²) in [5.41, 5.74) is 2.22. The number of rotatable bonds is 3. The first-order valence-electron chi connectivity index (χ1n) is 11.5. The molecule has 5 rings (SSSR count). The van der Waals surface area contributed by atoms with Crippen LogP contribution in [0.25, 0.3) is 0 Å². The van der Waals surface area contributed by atoms with E-state index in [1.165, 1.54) is 12.8 Å². The van der Waals surface area contributed by atoms with Gasteiger partial charge in [0.1, 0.15) is 5.69 Å². The molecular formula is C25H29N5O2. The lowest BCUT2D eigenvalue weighted by Gasteiger charge is -2.47. The molecule has 3 aliphatic heterocycles. The largest absolute Gasteiger partial charge is 0.317 e. The van der Waals surface area contributed by atoms with Crippen molar-refractivity contribution in [2.45, 2.75) is 37.8 Å². The van der Waals surface area contributed by atoms with Gasteiger partial charge in [-0.1, -0.05) is 0 Å². The molecule has 0 spiro atoms. The third kappa shape index (κ3) is 3.96. The molecule has 0 aliphatic carbocycles. The summed E-state index contributed by atoms with van der Waals surface area (Å²) in [5.74, 6) is 0.512. The highest BCUT2D eigenvalue weighted by atomic mass is 16.2. The number of benzene rings is 1. The monoisotopic (exact) mass is 431 g/mol. The van der Waals surface area contributed by atoms with E-state index in [9.17, 15) is 9.59 Å². The molecule has 32 heavy (non-hydrogen) atoms. The van der Waals surface area contributed by atoms with Gasteiger partial charge in [0.25, 0.3) is 11.5 Å². The van der Waals surface area contributed by atoms with Gasteiger partial charge in [0, 0.05) is 42.9 Å². The van der Waals surface area contributed by atoms with E-state index >= 15 is 0 Å². The maximum absolute atomic E-state index is 13.2. The molecule has 0 unspecified atom stereocenters. The van der Waals surface area contributed by atoms with E-state index in [1.807, 2.05) is 16.7 Å². The van der Waals surface area contributed by atoms with Crippen LogP contribution in [0.4, 0.5) is 5.69 Å². The first kappa shape index (κ1) is 20.9.